The van der Waals surface area contributed by atoms with Gasteiger partial charge in [0.2, 0.25) is 11.8 Å². The number of ether oxygens (including phenoxy) is 2. The lowest BCUT2D eigenvalue weighted by molar-refractivity contribution is -0.139. The van der Waals surface area contributed by atoms with Crippen LogP contribution in [0.4, 0.5) is 9.59 Å². The molecule has 1 spiro atoms. The van der Waals surface area contributed by atoms with E-state index < -0.39 is 24.3 Å². The molecule has 4 fully saturated rings. The fourth-order valence-electron chi connectivity index (χ4n) is 10.6. The molecule has 2 aliphatic heterocycles. The van der Waals surface area contributed by atoms with Crippen molar-refractivity contribution in [1.29, 1.82) is 0 Å². The fourth-order valence-corrected chi connectivity index (χ4v) is 10.6. The minimum absolute atomic E-state index is 0.0992. The summed E-state index contributed by atoms with van der Waals surface area (Å²) >= 11 is 0. The zero-order chi connectivity index (χ0) is 43.9. The highest BCUT2D eigenvalue weighted by Gasteiger charge is 2.55. The number of benzene rings is 3. The number of nitrogens with zero attached hydrogens (tertiary/aromatic N) is 4. The summed E-state index contributed by atoms with van der Waals surface area (Å²) in [4.78, 5) is 73.2. The second-order valence-corrected chi connectivity index (χ2v) is 18.9. The summed E-state index contributed by atoms with van der Waals surface area (Å²) in [5, 5.41) is 7.53. The highest BCUT2D eigenvalue weighted by Crippen LogP contribution is 2.58. The number of aromatic amines is 2. The number of hydrogen-bond donors (Lipinski definition) is 4. The van der Waals surface area contributed by atoms with Gasteiger partial charge in [0.1, 0.15) is 34.9 Å². The molecule has 4 amide bonds. The lowest BCUT2D eigenvalue weighted by Gasteiger charge is -2.37. The Kier molecular flexibility index (Phi) is 9.98. The fraction of sp³-hybridized carbons (Fsp3) is 0.458. The van der Waals surface area contributed by atoms with Crippen LogP contribution >= 0.6 is 0 Å². The molecule has 3 aromatic carbocycles. The molecule has 15 heteroatoms. The van der Waals surface area contributed by atoms with Crippen LogP contribution in [0.25, 0.3) is 55.4 Å². The van der Waals surface area contributed by atoms with Crippen LogP contribution < -0.4 is 10.6 Å². The van der Waals surface area contributed by atoms with Crippen LogP contribution in [0, 0.1) is 23.2 Å². The molecule has 63 heavy (non-hydrogen) atoms. The van der Waals surface area contributed by atoms with E-state index in [-0.39, 0.29) is 47.2 Å². The van der Waals surface area contributed by atoms with Crippen LogP contribution in [-0.4, -0.2) is 92.6 Å². The van der Waals surface area contributed by atoms with Gasteiger partial charge in [-0.15, -0.1) is 0 Å². The quantitative estimate of drug-likeness (QED) is 0.105. The Hall–Kier alpha value is -6.38. The van der Waals surface area contributed by atoms with E-state index >= 15 is 0 Å². The normalized spacial score (nSPS) is 22.2. The van der Waals surface area contributed by atoms with Crippen molar-refractivity contribution in [3.63, 3.8) is 0 Å². The van der Waals surface area contributed by atoms with Crippen molar-refractivity contribution in [3.8, 4) is 22.4 Å². The Labute approximate surface area is 364 Å². The topological polar surface area (TPSA) is 188 Å². The van der Waals surface area contributed by atoms with Gasteiger partial charge in [0, 0.05) is 28.9 Å². The Morgan fingerprint density at radius 3 is 2.10 bits per heavy atom. The van der Waals surface area contributed by atoms with E-state index in [1.54, 1.807) is 0 Å². The van der Waals surface area contributed by atoms with Crippen molar-refractivity contribution in [2.24, 2.45) is 23.2 Å². The van der Waals surface area contributed by atoms with E-state index in [0.29, 0.717) is 12.5 Å². The number of methoxy groups -OCH3 is 2. The Morgan fingerprint density at radius 1 is 0.794 bits per heavy atom. The van der Waals surface area contributed by atoms with Gasteiger partial charge in [-0.2, -0.15) is 0 Å². The van der Waals surface area contributed by atoms with E-state index in [1.165, 1.54) is 14.2 Å². The Balaban J connectivity index is 0.895. The van der Waals surface area contributed by atoms with E-state index in [9.17, 15) is 19.2 Å². The summed E-state index contributed by atoms with van der Waals surface area (Å²) < 4.78 is 16.2. The maximum Gasteiger partial charge on any atom is 0.407 e. The minimum Gasteiger partial charge on any atom is -0.456 e. The number of H-pyrrole nitrogens is 2. The molecule has 5 heterocycles. The summed E-state index contributed by atoms with van der Waals surface area (Å²) in [5.74, 6) is 1.33. The minimum atomic E-state index is -0.704. The van der Waals surface area contributed by atoms with Crippen LogP contribution in [0.1, 0.15) is 90.0 Å². The van der Waals surface area contributed by atoms with Crippen LogP contribution in [-0.2, 0) is 19.1 Å². The molecule has 3 aromatic heterocycles. The lowest BCUT2D eigenvalue weighted by atomic mass is 9.95. The molecule has 10 rings (SSSR count). The van der Waals surface area contributed by atoms with E-state index in [1.807, 2.05) is 55.8 Å². The first-order valence-electron chi connectivity index (χ1n) is 22.2. The molecule has 2 saturated heterocycles. The smallest absolute Gasteiger partial charge is 0.407 e. The number of piperidine rings is 1. The first kappa shape index (κ1) is 40.7. The second-order valence-electron chi connectivity index (χ2n) is 18.9. The number of carbonyl (C=O) groups is 4. The monoisotopic (exact) mass is 854 g/mol. The van der Waals surface area contributed by atoms with Gasteiger partial charge in [0.05, 0.1) is 49.2 Å². The van der Waals surface area contributed by atoms with Crippen molar-refractivity contribution in [1.82, 2.24) is 40.4 Å². The SMILES string of the molecule is COC(=O)N[C@H](C(=O)N1CC2(CC2)C[C@H]1c1ncc(-c2ccc3c(c2)oc2cc(-c4ccc5nc(C6[C@H]7CC[C@H](C7)N6C(=O)[C@@H](NC(=O)OC)C(C)C)[nH]c5c4)ccc23)[nH]1)C(C)C. The van der Waals surface area contributed by atoms with Gasteiger partial charge in [0.15, 0.2) is 0 Å². The number of furan rings is 1. The highest BCUT2D eigenvalue weighted by molar-refractivity contribution is 6.07. The predicted octanol–water partition coefficient (Wildman–Crippen LogP) is 8.39. The number of hydrogen-bond acceptors (Lipinski definition) is 9. The summed E-state index contributed by atoms with van der Waals surface area (Å²) in [7, 11) is 2.61. The van der Waals surface area contributed by atoms with Gasteiger partial charge < -0.3 is 44.3 Å². The molecule has 2 saturated carbocycles. The lowest BCUT2D eigenvalue weighted by Crippen LogP contribution is -2.54. The highest BCUT2D eigenvalue weighted by atomic mass is 16.5. The molecule has 6 atom stereocenters. The van der Waals surface area contributed by atoms with Crippen molar-refractivity contribution >= 4 is 57.0 Å². The average Bonchev–Trinajstić information content (AvgIpc) is 3.97. The van der Waals surface area contributed by atoms with Gasteiger partial charge in [-0.3, -0.25) is 9.59 Å². The van der Waals surface area contributed by atoms with Gasteiger partial charge in [0.25, 0.3) is 0 Å². The molecule has 328 valence electrons. The number of fused-ring (bicyclic) bond motifs is 6. The van der Waals surface area contributed by atoms with E-state index in [2.05, 4.69) is 63.1 Å². The summed E-state index contributed by atoms with van der Waals surface area (Å²) in [6, 6.07) is 16.9. The summed E-state index contributed by atoms with van der Waals surface area (Å²) in [6.45, 7) is 8.34. The molecular formula is C48H54N8O7. The van der Waals surface area contributed by atoms with Crippen LogP contribution in [0.2, 0.25) is 0 Å². The molecule has 4 aliphatic rings. The maximum atomic E-state index is 14.1. The first-order valence-corrected chi connectivity index (χ1v) is 22.2. The zero-order valence-corrected chi connectivity index (χ0v) is 36.5. The van der Waals surface area contributed by atoms with Gasteiger partial charge >= 0.3 is 12.2 Å². The van der Waals surface area contributed by atoms with Gasteiger partial charge in [-0.25, -0.2) is 19.6 Å². The number of imidazole rings is 2. The van der Waals surface area contributed by atoms with E-state index in [0.717, 1.165) is 106 Å². The molecule has 0 radical (unpaired) electrons. The average molecular weight is 855 g/mol. The van der Waals surface area contributed by atoms with Gasteiger partial charge in [-0.05, 0) is 109 Å². The van der Waals surface area contributed by atoms with Crippen LogP contribution in [0.5, 0.6) is 0 Å². The van der Waals surface area contributed by atoms with E-state index in [4.69, 9.17) is 23.9 Å². The van der Waals surface area contributed by atoms with Crippen molar-refractivity contribution in [2.45, 2.75) is 96.4 Å². The molecule has 1 unspecified atom stereocenters. The number of alkyl carbamates (subject to hydrolysis) is 2. The number of nitrogens with one attached hydrogen (secondary N) is 4. The number of aromatic nitrogens is 4. The Bertz CT molecular complexity index is 2780. The van der Waals surface area contributed by atoms with Crippen LogP contribution in [0.3, 0.4) is 0 Å². The van der Waals surface area contributed by atoms with Crippen molar-refractivity contribution in [2.75, 3.05) is 20.8 Å². The van der Waals surface area contributed by atoms with Gasteiger partial charge in [-0.1, -0.05) is 45.9 Å². The van der Waals surface area contributed by atoms with Crippen molar-refractivity contribution in [3.05, 3.63) is 72.4 Å². The molecular weight excluding hydrogens is 801 g/mol. The van der Waals surface area contributed by atoms with Crippen LogP contribution in [0.15, 0.2) is 65.2 Å². The molecule has 4 N–H and O–H groups in total. The number of likely N-dealkylation sites (tertiary alicyclic amines) is 2. The molecule has 15 nitrogen and oxygen atoms in total. The largest absolute Gasteiger partial charge is 0.456 e. The maximum absolute atomic E-state index is 14.1. The standard InChI is InChI=1S/C48H54N8O7/c1-24(2)39(53-46(59)61-5)44(57)55-23-48(15-16-48)21-36(55)42-49-22-35(52-42)28-9-13-32-31-12-8-27(19-37(31)63-38(32)20-28)26-10-14-33-34(18-26)51-43(50-33)41-29-7-11-30(17-29)56(41)45(58)40(25(3)4)54-47(60)62-6/h8-10,12-14,18-20,22,24-25,29-30,36,39-41H,7,11,15-17,21,23H2,1-6H3,(H,49,52)(H,50,51)(H,53,59)(H,54,60)/t29-,30+,36-,39-,40-,41?/m0/s1. The molecule has 6 aromatic rings. The zero-order valence-electron chi connectivity index (χ0n) is 36.5. The number of amides is 4. The predicted molar refractivity (Wildman–Crippen MR) is 236 cm³/mol. The third-order valence-electron chi connectivity index (χ3n) is 14.2. The summed E-state index contributed by atoms with van der Waals surface area (Å²) in [5.41, 5.74) is 7.06. The third kappa shape index (κ3) is 7.14. The summed E-state index contributed by atoms with van der Waals surface area (Å²) in [6.07, 6.45) is 6.44. The number of rotatable bonds is 10. The third-order valence-corrected chi connectivity index (χ3v) is 14.2. The van der Waals surface area contributed by atoms with Crippen molar-refractivity contribution < 1.29 is 33.1 Å². The Morgan fingerprint density at radius 2 is 1.43 bits per heavy atom. The number of carbonyl (C=O) groups excluding carboxylic acids is 4. The molecule has 2 aliphatic carbocycles. The first-order chi connectivity index (χ1) is 30.3. The molecule has 2 bridgehead atoms. The second kappa shape index (κ2) is 15.5.